The van der Waals surface area contributed by atoms with Gasteiger partial charge in [-0.15, -0.1) is 0 Å². The Morgan fingerprint density at radius 1 is 1.10 bits per heavy atom. The molecule has 1 heterocycles. The first-order valence-corrected chi connectivity index (χ1v) is 11.7. The van der Waals surface area contributed by atoms with Gasteiger partial charge in [-0.3, -0.25) is 0 Å². The standard InChI is InChI=1S/C20H30N4O3S.K/c1-23(2)13-16-8-5-11-24(16)28(26,27)22-20(25)21-19-17-9-3-6-14(17)12-15-7-4-10-18(15)19;/h12,16H,3-11,13H2,1-2H3,(H2,21,22,25);. The second-order valence-electron chi connectivity index (χ2n) is 8.46. The summed E-state index contributed by atoms with van der Waals surface area (Å²) < 4.78 is 29.4. The summed E-state index contributed by atoms with van der Waals surface area (Å²) in [7, 11) is 0.00309. The molecule has 0 spiro atoms. The number of nitrogens with zero attached hydrogens (tertiary/aromatic N) is 2. The Balaban J connectivity index is 0.00000240. The van der Waals surface area contributed by atoms with Crippen molar-refractivity contribution in [2.75, 3.05) is 32.5 Å². The first kappa shape index (κ1) is 23.7. The molecule has 1 unspecified atom stereocenters. The van der Waals surface area contributed by atoms with Crippen LogP contribution in [0.5, 0.6) is 0 Å². The van der Waals surface area contributed by atoms with Gasteiger partial charge in [-0.1, -0.05) is 6.07 Å². The maximum absolute atomic E-state index is 12.8. The second-order valence-corrected chi connectivity index (χ2v) is 10.1. The largest absolute Gasteiger partial charge is 0.333 e. The van der Waals surface area contributed by atoms with Crippen molar-refractivity contribution in [3.63, 3.8) is 0 Å². The zero-order chi connectivity index (χ0) is 19.9. The molecule has 29 heavy (non-hydrogen) atoms. The van der Waals surface area contributed by atoms with Gasteiger partial charge in [0.1, 0.15) is 0 Å². The van der Waals surface area contributed by atoms with Crippen molar-refractivity contribution in [3.05, 3.63) is 28.3 Å². The molecular formula is C20H30KN4O3S. The fraction of sp³-hybridized carbons (Fsp3) is 0.650. The van der Waals surface area contributed by atoms with Crippen molar-refractivity contribution in [1.82, 2.24) is 13.9 Å². The predicted octanol–water partition coefficient (Wildman–Crippen LogP) is 1.68. The third-order valence-electron chi connectivity index (χ3n) is 6.14. The van der Waals surface area contributed by atoms with E-state index in [1.54, 1.807) is 0 Å². The van der Waals surface area contributed by atoms with E-state index < -0.39 is 16.2 Å². The van der Waals surface area contributed by atoms with Crippen LogP contribution in [0, 0.1) is 0 Å². The van der Waals surface area contributed by atoms with Crippen LogP contribution in [0.1, 0.15) is 47.9 Å². The van der Waals surface area contributed by atoms with Crippen molar-refractivity contribution in [2.24, 2.45) is 0 Å². The quantitative estimate of drug-likeness (QED) is 0.676. The van der Waals surface area contributed by atoms with Gasteiger partial charge >= 0.3 is 16.2 Å². The zero-order valence-corrected chi connectivity index (χ0v) is 21.7. The smallest absolute Gasteiger partial charge is 0.308 e. The Bertz CT molecular complexity index is 856. The van der Waals surface area contributed by atoms with Gasteiger partial charge in [0, 0.05) is 76.2 Å². The third kappa shape index (κ3) is 5.09. The molecule has 155 valence electrons. The maximum Gasteiger partial charge on any atom is 0.333 e. The summed E-state index contributed by atoms with van der Waals surface area (Å²) in [5.74, 6) is 0. The topological polar surface area (TPSA) is 81.8 Å². The zero-order valence-electron chi connectivity index (χ0n) is 17.8. The van der Waals surface area contributed by atoms with Gasteiger partial charge in [-0.2, -0.15) is 12.7 Å². The number of likely N-dealkylation sites (N-methyl/N-ethyl adjacent to an activating group) is 1. The van der Waals surface area contributed by atoms with Gasteiger partial charge in [-0.25, -0.2) is 9.52 Å². The average Bonchev–Trinajstić information content (AvgIpc) is 3.32. The molecule has 0 bridgehead atoms. The van der Waals surface area contributed by atoms with Gasteiger partial charge in [0.05, 0.1) is 0 Å². The minimum absolute atomic E-state index is 0. The number of amides is 2. The Kier molecular flexibility index (Phi) is 7.87. The van der Waals surface area contributed by atoms with E-state index in [1.807, 2.05) is 19.0 Å². The van der Waals surface area contributed by atoms with E-state index in [0.717, 1.165) is 57.1 Å². The van der Waals surface area contributed by atoms with Crippen molar-refractivity contribution in [2.45, 2.75) is 57.4 Å². The van der Waals surface area contributed by atoms with Crippen LogP contribution >= 0.6 is 0 Å². The van der Waals surface area contributed by atoms with E-state index in [2.05, 4.69) is 16.1 Å². The van der Waals surface area contributed by atoms with Crippen LogP contribution in [0.3, 0.4) is 0 Å². The molecule has 1 radical (unpaired) electrons. The number of fused-ring (bicyclic) bond motifs is 2. The van der Waals surface area contributed by atoms with Crippen LogP contribution in [0.4, 0.5) is 10.5 Å². The summed E-state index contributed by atoms with van der Waals surface area (Å²) in [6.45, 7) is 1.11. The fourth-order valence-electron chi connectivity index (χ4n) is 5.01. The Morgan fingerprint density at radius 2 is 1.72 bits per heavy atom. The third-order valence-corrected chi connectivity index (χ3v) is 7.68. The molecule has 1 fully saturated rings. The second kappa shape index (κ2) is 9.64. The number of hydrogen-bond acceptors (Lipinski definition) is 4. The van der Waals surface area contributed by atoms with E-state index in [9.17, 15) is 13.2 Å². The number of aryl methyl sites for hydroxylation is 2. The van der Waals surface area contributed by atoms with Crippen LogP contribution in [0.15, 0.2) is 6.07 Å². The summed E-state index contributed by atoms with van der Waals surface area (Å²) >= 11 is 0. The molecule has 1 aliphatic heterocycles. The van der Waals surface area contributed by atoms with Crippen molar-refractivity contribution in [3.8, 4) is 0 Å². The van der Waals surface area contributed by atoms with Crippen LogP contribution in [0.2, 0.25) is 0 Å². The van der Waals surface area contributed by atoms with Crippen LogP contribution in [-0.2, 0) is 35.9 Å². The molecule has 2 amide bonds. The molecule has 1 atom stereocenters. The molecule has 3 aliphatic rings. The normalized spacial score (nSPS) is 21.0. The van der Waals surface area contributed by atoms with Crippen molar-refractivity contribution < 1.29 is 13.2 Å². The molecule has 2 N–H and O–H groups in total. The van der Waals surface area contributed by atoms with Crippen molar-refractivity contribution >= 4 is 73.3 Å². The summed E-state index contributed by atoms with van der Waals surface area (Å²) in [4.78, 5) is 14.7. The molecule has 1 saturated heterocycles. The number of nitrogens with one attached hydrogen (secondary N) is 2. The first-order valence-electron chi connectivity index (χ1n) is 10.3. The maximum atomic E-state index is 12.8. The number of anilines is 1. The summed E-state index contributed by atoms with van der Waals surface area (Å²) in [6.07, 6.45) is 7.79. The predicted molar refractivity (Wildman–Crippen MR) is 116 cm³/mol. The monoisotopic (exact) mass is 445 g/mol. The first-order chi connectivity index (χ1) is 13.3. The number of carbonyl (C=O) groups excluding carboxylic acids is 1. The molecule has 2 aliphatic carbocycles. The minimum atomic E-state index is -3.86. The molecule has 7 nitrogen and oxygen atoms in total. The van der Waals surface area contributed by atoms with E-state index in [-0.39, 0.29) is 57.4 Å². The van der Waals surface area contributed by atoms with Crippen LogP contribution in [0.25, 0.3) is 0 Å². The molecule has 0 aromatic heterocycles. The van der Waals surface area contributed by atoms with Gasteiger partial charge in [0.2, 0.25) is 0 Å². The van der Waals surface area contributed by atoms with Gasteiger partial charge < -0.3 is 10.2 Å². The van der Waals surface area contributed by atoms with E-state index in [0.29, 0.717) is 13.1 Å². The average molecular weight is 446 g/mol. The molecule has 9 heteroatoms. The van der Waals surface area contributed by atoms with Gasteiger partial charge in [0.25, 0.3) is 0 Å². The van der Waals surface area contributed by atoms with Crippen LogP contribution < -0.4 is 10.0 Å². The minimum Gasteiger partial charge on any atom is -0.308 e. The van der Waals surface area contributed by atoms with Crippen molar-refractivity contribution in [1.29, 1.82) is 0 Å². The van der Waals surface area contributed by atoms with E-state index >= 15 is 0 Å². The number of hydrogen-bond donors (Lipinski definition) is 2. The van der Waals surface area contributed by atoms with E-state index in [4.69, 9.17) is 0 Å². The molecule has 1 aromatic carbocycles. The molecule has 4 rings (SSSR count). The number of rotatable bonds is 5. The number of carbonyl (C=O) groups is 1. The fourth-order valence-corrected chi connectivity index (χ4v) is 6.35. The van der Waals surface area contributed by atoms with Gasteiger partial charge in [0.15, 0.2) is 0 Å². The summed E-state index contributed by atoms with van der Waals surface area (Å²) in [5, 5.41) is 2.91. The number of urea groups is 1. The van der Waals surface area contributed by atoms with Crippen LogP contribution in [-0.4, -0.2) is 108 Å². The molecule has 1 aromatic rings. The number of benzene rings is 1. The summed E-state index contributed by atoms with van der Waals surface area (Å²) in [6, 6.07) is 1.55. The molecule has 0 saturated carbocycles. The Hall–Kier alpha value is -0.00364. The Labute approximate surface area is 216 Å². The SMILES string of the molecule is CN(C)CC1CCCN1S(=O)(=O)NC(=O)Nc1c2c(cc3c1CCC3)CCC2.[K]. The molecular weight excluding hydrogens is 415 g/mol. The summed E-state index contributed by atoms with van der Waals surface area (Å²) in [5.41, 5.74) is 5.87. The van der Waals surface area contributed by atoms with E-state index in [1.165, 1.54) is 26.6 Å². The van der Waals surface area contributed by atoms with Gasteiger partial charge in [-0.05, 0) is 87.7 Å². The Morgan fingerprint density at radius 3 is 2.31 bits per heavy atom.